The number of carbonyl (C=O) groups is 2. The van der Waals surface area contributed by atoms with Crippen LogP contribution in [0.1, 0.15) is 71.6 Å². The zero-order valence-corrected chi connectivity index (χ0v) is 13.6. The highest BCUT2D eigenvalue weighted by molar-refractivity contribution is 5.77. The van der Waals surface area contributed by atoms with E-state index in [-0.39, 0.29) is 23.8 Å². The molecule has 1 aliphatic rings. The van der Waals surface area contributed by atoms with Crippen molar-refractivity contribution in [2.75, 3.05) is 13.2 Å². The van der Waals surface area contributed by atoms with Crippen LogP contribution in [0.25, 0.3) is 0 Å². The van der Waals surface area contributed by atoms with Crippen LogP contribution in [0.5, 0.6) is 0 Å². The zero-order valence-electron chi connectivity index (χ0n) is 13.6. The van der Waals surface area contributed by atoms with Crippen LogP contribution in [0.2, 0.25) is 0 Å². The van der Waals surface area contributed by atoms with Gasteiger partial charge in [0, 0.05) is 0 Å². The van der Waals surface area contributed by atoms with E-state index in [9.17, 15) is 9.59 Å². The molecule has 0 aromatic heterocycles. The minimum atomic E-state index is -0.132. The Morgan fingerprint density at radius 2 is 1.24 bits per heavy atom. The van der Waals surface area contributed by atoms with E-state index in [1.807, 2.05) is 0 Å². The first-order chi connectivity index (χ1) is 10.2. The molecule has 1 aliphatic carbocycles. The van der Waals surface area contributed by atoms with Gasteiger partial charge in [-0.05, 0) is 32.1 Å². The van der Waals surface area contributed by atoms with E-state index in [2.05, 4.69) is 13.8 Å². The fourth-order valence-electron chi connectivity index (χ4n) is 2.70. The third-order valence-electron chi connectivity index (χ3n) is 4.08. The topological polar surface area (TPSA) is 52.6 Å². The number of unbranched alkanes of at least 4 members (excludes halogenated alkanes) is 4. The van der Waals surface area contributed by atoms with E-state index in [0.717, 1.165) is 51.4 Å². The molecule has 4 heteroatoms. The molecule has 1 saturated carbocycles. The van der Waals surface area contributed by atoms with Crippen LogP contribution in [0.4, 0.5) is 0 Å². The van der Waals surface area contributed by atoms with Gasteiger partial charge in [-0.25, -0.2) is 0 Å². The molecule has 0 bridgehead atoms. The molecule has 0 heterocycles. The van der Waals surface area contributed by atoms with Crippen molar-refractivity contribution in [2.24, 2.45) is 11.8 Å². The van der Waals surface area contributed by atoms with Gasteiger partial charge in [0.15, 0.2) is 0 Å². The van der Waals surface area contributed by atoms with Crippen LogP contribution < -0.4 is 0 Å². The lowest BCUT2D eigenvalue weighted by Gasteiger charge is -2.11. The minimum Gasteiger partial charge on any atom is -0.465 e. The predicted molar refractivity (Wildman–Crippen MR) is 81.8 cm³/mol. The van der Waals surface area contributed by atoms with Crippen LogP contribution in [0.3, 0.4) is 0 Å². The quantitative estimate of drug-likeness (QED) is 0.454. The Labute approximate surface area is 128 Å². The first-order valence-corrected chi connectivity index (χ1v) is 8.52. The van der Waals surface area contributed by atoms with Crippen LogP contribution in [0.15, 0.2) is 0 Å². The lowest BCUT2D eigenvalue weighted by Crippen LogP contribution is -2.19. The third-order valence-corrected chi connectivity index (χ3v) is 4.08. The Bertz CT molecular complexity index is 284. The van der Waals surface area contributed by atoms with Crippen LogP contribution in [0, 0.1) is 11.8 Å². The summed E-state index contributed by atoms with van der Waals surface area (Å²) in [6.45, 7) is 5.26. The fourth-order valence-corrected chi connectivity index (χ4v) is 2.70. The highest BCUT2D eigenvalue weighted by atomic mass is 16.5. The second-order valence-electron chi connectivity index (χ2n) is 5.96. The van der Waals surface area contributed by atoms with Crippen LogP contribution in [-0.2, 0) is 19.1 Å². The summed E-state index contributed by atoms with van der Waals surface area (Å²) in [7, 11) is 0. The smallest absolute Gasteiger partial charge is 0.308 e. The summed E-state index contributed by atoms with van der Waals surface area (Å²) in [5.41, 5.74) is 0. The highest BCUT2D eigenvalue weighted by Crippen LogP contribution is 2.32. The van der Waals surface area contributed by atoms with Crippen molar-refractivity contribution in [2.45, 2.75) is 71.6 Å². The summed E-state index contributed by atoms with van der Waals surface area (Å²) in [4.78, 5) is 23.8. The van der Waals surface area contributed by atoms with Crippen molar-refractivity contribution in [1.29, 1.82) is 0 Å². The number of esters is 2. The number of hydrogen-bond acceptors (Lipinski definition) is 4. The standard InChI is InChI=1S/C17H30O4/c1-3-5-7-11-20-16(18)14-9-10-15(13-14)17(19)21-12-8-6-4-2/h14-15H,3-13H2,1-2H3. The maximum absolute atomic E-state index is 11.9. The van der Waals surface area contributed by atoms with Gasteiger partial charge < -0.3 is 9.47 Å². The van der Waals surface area contributed by atoms with Crippen molar-refractivity contribution >= 4 is 11.9 Å². The normalized spacial score (nSPS) is 21.2. The van der Waals surface area contributed by atoms with Gasteiger partial charge in [-0.2, -0.15) is 0 Å². The molecule has 0 aromatic rings. The van der Waals surface area contributed by atoms with Crippen molar-refractivity contribution in [3.63, 3.8) is 0 Å². The molecule has 0 aliphatic heterocycles. The van der Waals surface area contributed by atoms with Crippen molar-refractivity contribution < 1.29 is 19.1 Å². The Morgan fingerprint density at radius 1 is 0.810 bits per heavy atom. The highest BCUT2D eigenvalue weighted by Gasteiger charge is 2.35. The summed E-state index contributed by atoms with van der Waals surface area (Å²) < 4.78 is 10.6. The number of hydrogen-bond donors (Lipinski definition) is 0. The molecule has 2 unspecified atom stereocenters. The largest absolute Gasteiger partial charge is 0.465 e. The van der Waals surface area contributed by atoms with Gasteiger partial charge in [0.05, 0.1) is 25.0 Å². The van der Waals surface area contributed by atoms with E-state index in [4.69, 9.17) is 9.47 Å². The molecule has 1 rings (SSSR count). The number of rotatable bonds is 10. The first-order valence-electron chi connectivity index (χ1n) is 8.52. The molecular formula is C17H30O4. The van der Waals surface area contributed by atoms with Gasteiger partial charge in [0.2, 0.25) is 0 Å². The lowest BCUT2D eigenvalue weighted by molar-refractivity contribution is -0.150. The van der Waals surface area contributed by atoms with Crippen molar-refractivity contribution in [3.8, 4) is 0 Å². The van der Waals surface area contributed by atoms with E-state index < -0.39 is 0 Å². The monoisotopic (exact) mass is 298 g/mol. The van der Waals surface area contributed by atoms with Gasteiger partial charge in [-0.15, -0.1) is 0 Å². The Hall–Kier alpha value is -1.06. The van der Waals surface area contributed by atoms with Gasteiger partial charge in [-0.1, -0.05) is 39.5 Å². The summed E-state index contributed by atoms with van der Waals surface area (Å²) in [5, 5.41) is 0. The molecule has 2 atom stereocenters. The van der Waals surface area contributed by atoms with Crippen LogP contribution in [-0.4, -0.2) is 25.2 Å². The molecule has 0 amide bonds. The van der Waals surface area contributed by atoms with Crippen molar-refractivity contribution in [1.82, 2.24) is 0 Å². The van der Waals surface area contributed by atoms with E-state index in [1.54, 1.807) is 0 Å². The van der Waals surface area contributed by atoms with Gasteiger partial charge >= 0.3 is 11.9 Å². The average Bonchev–Trinajstić information content (AvgIpc) is 2.98. The number of carbonyl (C=O) groups excluding carboxylic acids is 2. The van der Waals surface area contributed by atoms with Gasteiger partial charge in [-0.3, -0.25) is 9.59 Å². The minimum absolute atomic E-state index is 0.111. The summed E-state index contributed by atoms with van der Waals surface area (Å²) in [6.07, 6.45) is 8.37. The summed E-state index contributed by atoms with van der Waals surface area (Å²) in [6, 6.07) is 0. The molecule has 0 radical (unpaired) electrons. The first kappa shape index (κ1) is 18.0. The van der Waals surface area contributed by atoms with Crippen molar-refractivity contribution in [3.05, 3.63) is 0 Å². The predicted octanol–water partition coefficient (Wildman–Crippen LogP) is 3.87. The number of ether oxygens (including phenoxy) is 2. The molecule has 0 spiro atoms. The Morgan fingerprint density at radius 3 is 1.62 bits per heavy atom. The van der Waals surface area contributed by atoms with E-state index in [1.165, 1.54) is 0 Å². The molecular weight excluding hydrogens is 268 g/mol. The molecule has 21 heavy (non-hydrogen) atoms. The SMILES string of the molecule is CCCCCOC(=O)C1CCC(C(=O)OCCCCC)C1. The maximum atomic E-state index is 11.9. The average molecular weight is 298 g/mol. The van der Waals surface area contributed by atoms with Crippen LogP contribution >= 0.6 is 0 Å². The molecule has 0 saturated heterocycles. The molecule has 4 nitrogen and oxygen atoms in total. The fraction of sp³-hybridized carbons (Fsp3) is 0.882. The summed E-state index contributed by atoms with van der Waals surface area (Å²) in [5.74, 6) is -0.487. The Balaban J connectivity index is 2.18. The molecule has 122 valence electrons. The summed E-state index contributed by atoms with van der Waals surface area (Å²) >= 11 is 0. The maximum Gasteiger partial charge on any atom is 0.308 e. The van der Waals surface area contributed by atoms with Gasteiger partial charge in [0.25, 0.3) is 0 Å². The zero-order chi connectivity index (χ0) is 15.5. The molecule has 0 aromatic carbocycles. The molecule has 1 fully saturated rings. The lowest BCUT2D eigenvalue weighted by atomic mass is 10.1. The molecule has 0 N–H and O–H groups in total. The van der Waals surface area contributed by atoms with Gasteiger partial charge in [0.1, 0.15) is 0 Å². The van der Waals surface area contributed by atoms with E-state index in [0.29, 0.717) is 19.6 Å². The second kappa shape index (κ2) is 10.6. The third kappa shape index (κ3) is 6.96. The Kier molecular flexibility index (Phi) is 9.11. The second-order valence-corrected chi connectivity index (χ2v) is 5.96. The van der Waals surface area contributed by atoms with E-state index >= 15 is 0 Å².